The largest absolute Gasteiger partial charge is 0.495 e. The van der Waals surface area contributed by atoms with Crippen LogP contribution in [0.2, 0.25) is 0 Å². The summed E-state index contributed by atoms with van der Waals surface area (Å²) < 4.78 is 56.1. The van der Waals surface area contributed by atoms with Crippen molar-refractivity contribution in [3.63, 3.8) is 0 Å². The summed E-state index contributed by atoms with van der Waals surface area (Å²) in [6.07, 6.45) is 1.55. The number of rotatable bonds is 7. The molecule has 0 aliphatic carbocycles. The Labute approximate surface area is 148 Å². The number of benzene rings is 2. The van der Waals surface area contributed by atoms with Crippen LogP contribution in [-0.4, -0.2) is 36.7 Å². The summed E-state index contributed by atoms with van der Waals surface area (Å²) in [6.45, 7) is 2.16. The third kappa shape index (κ3) is 5.04. The van der Waals surface area contributed by atoms with E-state index in [0.717, 1.165) is 23.4 Å². The predicted molar refractivity (Wildman–Crippen MR) is 96.2 cm³/mol. The van der Waals surface area contributed by atoms with Crippen LogP contribution in [0.3, 0.4) is 0 Å². The van der Waals surface area contributed by atoms with E-state index in [9.17, 15) is 16.8 Å². The fraction of sp³-hybridized carbons (Fsp3) is 0.294. The average molecular weight is 383 g/mol. The van der Waals surface area contributed by atoms with Crippen LogP contribution < -0.4 is 9.46 Å². The molecule has 0 aromatic heterocycles. The van der Waals surface area contributed by atoms with Crippen LogP contribution in [0.4, 0.5) is 0 Å². The molecule has 0 bridgehead atoms. The molecule has 0 aliphatic rings. The number of hydrogen-bond donors (Lipinski definition) is 1. The maximum Gasteiger partial charge on any atom is 0.244 e. The molecule has 0 aliphatic heterocycles. The number of sulfonamides is 1. The minimum Gasteiger partial charge on any atom is -0.495 e. The van der Waals surface area contributed by atoms with Crippen LogP contribution in [0.25, 0.3) is 0 Å². The second kappa shape index (κ2) is 7.55. The molecule has 25 heavy (non-hydrogen) atoms. The Hall–Kier alpha value is -1.90. The van der Waals surface area contributed by atoms with Crippen LogP contribution in [0.5, 0.6) is 5.75 Å². The van der Waals surface area contributed by atoms with Gasteiger partial charge in [0.2, 0.25) is 10.0 Å². The number of aryl methyl sites for hydroxylation is 1. The Morgan fingerprint density at radius 1 is 1.04 bits per heavy atom. The van der Waals surface area contributed by atoms with Crippen molar-refractivity contribution in [2.75, 3.05) is 19.9 Å². The van der Waals surface area contributed by atoms with Crippen molar-refractivity contribution < 1.29 is 21.6 Å². The molecule has 0 amide bonds. The highest BCUT2D eigenvalue weighted by Crippen LogP contribution is 2.26. The highest BCUT2D eigenvalue weighted by molar-refractivity contribution is 7.91. The number of hydrogen-bond acceptors (Lipinski definition) is 5. The lowest BCUT2D eigenvalue weighted by atomic mass is 10.1. The van der Waals surface area contributed by atoms with E-state index in [2.05, 4.69) is 4.72 Å². The van der Waals surface area contributed by atoms with Crippen molar-refractivity contribution in [3.8, 4) is 5.75 Å². The van der Waals surface area contributed by atoms with Crippen LogP contribution in [0.1, 0.15) is 11.1 Å². The average Bonchev–Trinajstić information content (AvgIpc) is 2.53. The summed E-state index contributed by atoms with van der Waals surface area (Å²) in [5.41, 5.74) is 2.11. The molecule has 0 heterocycles. The van der Waals surface area contributed by atoms with Gasteiger partial charge in [0.05, 0.1) is 12.0 Å². The molecule has 1 N–H and O–H groups in total. The standard InChI is InChI=1S/C17H21NO5S2/c1-13-5-4-6-14(11-13)9-10-18-25(21,22)17-12-15(24(3,19)20)7-8-16(17)23-2/h4-8,11-12,18H,9-10H2,1-3H3. The number of ether oxygens (including phenoxy) is 1. The van der Waals surface area contributed by atoms with Gasteiger partial charge in [-0.2, -0.15) is 0 Å². The normalized spacial score (nSPS) is 12.1. The fourth-order valence-electron chi connectivity index (χ4n) is 2.37. The van der Waals surface area contributed by atoms with E-state index < -0.39 is 19.9 Å². The van der Waals surface area contributed by atoms with Crippen molar-refractivity contribution in [3.05, 3.63) is 53.6 Å². The first kappa shape index (κ1) is 19.4. The second-order valence-electron chi connectivity index (χ2n) is 5.72. The van der Waals surface area contributed by atoms with Gasteiger partial charge in [-0.1, -0.05) is 29.8 Å². The van der Waals surface area contributed by atoms with E-state index in [1.54, 1.807) is 0 Å². The number of sulfone groups is 1. The molecule has 136 valence electrons. The van der Waals surface area contributed by atoms with E-state index in [1.807, 2.05) is 31.2 Å². The molecule has 2 rings (SSSR count). The van der Waals surface area contributed by atoms with E-state index in [4.69, 9.17) is 4.74 Å². The molecule has 0 radical (unpaired) electrons. The Bertz CT molecular complexity index is 966. The third-order valence-corrected chi connectivity index (χ3v) is 6.23. The molecule has 2 aromatic carbocycles. The monoisotopic (exact) mass is 383 g/mol. The summed E-state index contributed by atoms with van der Waals surface area (Å²) in [7, 11) is -6.10. The molecule has 0 saturated heterocycles. The van der Waals surface area contributed by atoms with Gasteiger partial charge < -0.3 is 4.74 Å². The Morgan fingerprint density at radius 2 is 1.76 bits per heavy atom. The zero-order valence-corrected chi connectivity index (χ0v) is 15.9. The van der Waals surface area contributed by atoms with Gasteiger partial charge in [0.15, 0.2) is 9.84 Å². The van der Waals surface area contributed by atoms with Gasteiger partial charge in [-0.15, -0.1) is 0 Å². The van der Waals surface area contributed by atoms with E-state index >= 15 is 0 Å². The Balaban J connectivity index is 2.23. The van der Waals surface area contributed by atoms with E-state index in [0.29, 0.717) is 6.42 Å². The van der Waals surface area contributed by atoms with Gasteiger partial charge in [0.25, 0.3) is 0 Å². The minimum atomic E-state index is -3.91. The first-order valence-electron chi connectivity index (χ1n) is 7.57. The Kier molecular flexibility index (Phi) is 5.87. The summed E-state index contributed by atoms with van der Waals surface area (Å²) >= 11 is 0. The number of methoxy groups -OCH3 is 1. The maximum atomic E-state index is 12.6. The molecule has 2 aromatic rings. The lowest BCUT2D eigenvalue weighted by Gasteiger charge is -2.12. The van der Waals surface area contributed by atoms with Crippen molar-refractivity contribution in [2.45, 2.75) is 23.1 Å². The third-order valence-electron chi connectivity index (χ3n) is 3.64. The molecule has 6 nitrogen and oxygen atoms in total. The molecule has 0 saturated carbocycles. The van der Waals surface area contributed by atoms with Crippen LogP contribution in [0.15, 0.2) is 52.3 Å². The topological polar surface area (TPSA) is 89.5 Å². The SMILES string of the molecule is COc1ccc(S(C)(=O)=O)cc1S(=O)(=O)NCCc1cccc(C)c1. The first-order valence-corrected chi connectivity index (χ1v) is 10.9. The van der Waals surface area contributed by atoms with Crippen LogP contribution in [-0.2, 0) is 26.3 Å². The summed E-state index contributed by atoms with van der Waals surface area (Å²) in [5.74, 6) is 0.0930. The molecule has 8 heteroatoms. The van der Waals surface area contributed by atoms with Gasteiger partial charge in [0.1, 0.15) is 10.6 Å². The van der Waals surface area contributed by atoms with Gasteiger partial charge in [0, 0.05) is 12.8 Å². The highest BCUT2D eigenvalue weighted by Gasteiger charge is 2.22. The van der Waals surface area contributed by atoms with Gasteiger partial charge in [-0.3, -0.25) is 0 Å². The van der Waals surface area contributed by atoms with E-state index in [-0.39, 0.29) is 22.1 Å². The summed E-state index contributed by atoms with van der Waals surface area (Å²) in [5, 5.41) is 0. The van der Waals surface area contributed by atoms with Crippen molar-refractivity contribution in [1.29, 1.82) is 0 Å². The fourth-order valence-corrected chi connectivity index (χ4v) is 4.32. The van der Waals surface area contributed by atoms with Crippen molar-refractivity contribution >= 4 is 19.9 Å². The Morgan fingerprint density at radius 3 is 2.36 bits per heavy atom. The van der Waals surface area contributed by atoms with Crippen molar-refractivity contribution in [2.24, 2.45) is 0 Å². The molecular weight excluding hydrogens is 362 g/mol. The number of nitrogens with one attached hydrogen (secondary N) is 1. The maximum absolute atomic E-state index is 12.6. The first-order chi connectivity index (χ1) is 11.6. The van der Waals surface area contributed by atoms with Crippen LogP contribution in [0, 0.1) is 6.92 Å². The minimum absolute atomic E-state index is 0.0765. The van der Waals surface area contributed by atoms with Crippen LogP contribution >= 0.6 is 0 Å². The molecule has 0 unspecified atom stereocenters. The van der Waals surface area contributed by atoms with Gasteiger partial charge in [-0.05, 0) is 37.1 Å². The smallest absolute Gasteiger partial charge is 0.244 e. The quantitative estimate of drug-likeness (QED) is 0.789. The molecular formula is C17H21NO5S2. The summed E-state index contributed by atoms with van der Waals surface area (Å²) in [6, 6.07) is 11.6. The highest BCUT2D eigenvalue weighted by atomic mass is 32.2. The summed E-state index contributed by atoms with van der Waals surface area (Å²) in [4.78, 5) is -0.269. The zero-order valence-electron chi connectivity index (χ0n) is 14.3. The lowest BCUT2D eigenvalue weighted by molar-refractivity contribution is 0.401. The van der Waals surface area contributed by atoms with Gasteiger partial charge in [-0.25, -0.2) is 21.6 Å². The predicted octanol–water partition coefficient (Wildman–Crippen LogP) is 1.93. The molecule has 0 spiro atoms. The molecule has 0 fully saturated rings. The van der Waals surface area contributed by atoms with E-state index in [1.165, 1.54) is 19.2 Å². The lowest BCUT2D eigenvalue weighted by Crippen LogP contribution is -2.26. The van der Waals surface area contributed by atoms with Crippen molar-refractivity contribution in [1.82, 2.24) is 4.72 Å². The molecule has 0 atom stereocenters. The van der Waals surface area contributed by atoms with Gasteiger partial charge >= 0.3 is 0 Å². The second-order valence-corrected chi connectivity index (χ2v) is 9.47. The zero-order chi connectivity index (χ0) is 18.7.